The van der Waals surface area contributed by atoms with Crippen LogP contribution in [-0.2, 0) is 11.2 Å². The number of rotatable bonds is 6. The molecule has 1 amide bonds. The van der Waals surface area contributed by atoms with E-state index in [4.69, 9.17) is 4.42 Å². The van der Waals surface area contributed by atoms with Crippen molar-refractivity contribution in [1.82, 2.24) is 5.43 Å². The lowest BCUT2D eigenvalue weighted by molar-refractivity contribution is -0.402. The summed E-state index contributed by atoms with van der Waals surface area (Å²) in [6.07, 6.45) is 2.14. The van der Waals surface area contributed by atoms with Crippen molar-refractivity contribution in [3.8, 4) is 0 Å². The summed E-state index contributed by atoms with van der Waals surface area (Å²) in [5.41, 5.74) is 3.41. The Labute approximate surface area is 120 Å². The minimum Gasteiger partial charge on any atom is -0.400 e. The van der Waals surface area contributed by atoms with E-state index in [0.29, 0.717) is 12.8 Å². The summed E-state index contributed by atoms with van der Waals surface area (Å²) in [5, 5.41) is 14.1. The van der Waals surface area contributed by atoms with Crippen LogP contribution >= 0.6 is 0 Å². The maximum absolute atomic E-state index is 11.6. The smallest absolute Gasteiger partial charge is 0.400 e. The first-order valence-corrected chi connectivity index (χ1v) is 6.25. The highest BCUT2D eigenvalue weighted by Gasteiger charge is 2.10. The Morgan fingerprint density at radius 3 is 2.71 bits per heavy atom. The molecule has 2 aromatic rings. The van der Waals surface area contributed by atoms with E-state index in [9.17, 15) is 14.9 Å². The van der Waals surface area contributed by atoms with Crippen LogP contribution in [0.3, 0.4) is 0 Å². The van der Waals surface area contributed by atoms with E-state index < -0.39 is 4.92 Å². The first kappa shape index (κ1) is 14.4. The second-order valence-electron chi connectivity index (χ2n) is 4.21. The molecule has 0 bridgehead atoms. The molecule has 1 heterocycles. The molecule has 0 unspecified atom stereocenters. The van der Waals surface area contributed by atoms with Gasteiger partial charge in [-0.25, -0.2) is 5.43 Å². The number of nitrogens with zero attached hydrogens (tertiary/aromatic N) is 2. The predicted octanol–water partition coefficient (Wildman–Crippen LogP) is 2.27. The minimum atomic E-state index is -0.643. The van der Waals surface area contributed by atoms with E-state index in [1.165, 1.54) is 18.3 Å². The summed E-state index contributed by atoms with van der Waals surface area (Å²) in [7, 11) is 0. The molecule has 0 aliphatic heterocycles. The standard InChI is InChI=1S/C14H13N3O4/c18-13(8-6-11-4-2-1-3-5-11)16-15-10-12-7-9-14(21-12)17(19)20/h1-5,7,9-10H,6,8H2,(H,16,18)/b15-10+. The van der Waals surface area contributed by atoms with Gasteiger partial charge in [-0.3, -0.25) is 14.9 Å². The van der Waals surface area contributed by atoms with Crippen molar-refractivity contribution >= 4 is 18.0 Å². The van der Waals surface area contributed by atoms with Gasteiger partial charge in [-0.15, -0.1) is 0 Å². The molecular weight excluding hydrogens is 274 g/mol. The lowest BCUT2D eigenvalue weighted by Gasteiger charge is -2.00. The van der Waals surface area contributed by atoms with E-state index in [-0.39, 0.29) is 17.6 Å². The second-order valence-corrected chi connectivity index (χ2v) is 4.21. The number of benzene rings is 1. The number of carbonyl (C=O) groups excluding carboxylic acids is 1. The molecule has 1 aromatic carbocycles. The fourth-order valence-electron chi connectivity index (χ4n) is 1.64. The normalized spacial score (nSPS) is 10.7. The summed E-state index contributed by atoms with van der Waals surface area (Å²) in [5.74, 6) is -0.409. The molecule has 0 spiro atoms. The molecule has 0 saturated carbocycles. The highest BCUT2D eigenvalue weighted by molar-refractivity contribution is 5.80. The molecule has 1 aromatic heterocycles. The van der Waals surface area contributed by atoms with Gasteiger partial charge in [0.2, 0.25) is 5.91 Å². The summed E-state index contributed by atoms with van der Waals surface area (Å²) in [6.45, 7) is 0. The lowest BCUT2D eigenvalue weighted by atomic mass is 10.1. The number of hydrogen-bond acceptors (Lipinski definition) is 5. The van der Waals surface area contributed by atoms with Crippen LogP contribution in [0.2, 0.25) is 0 Å². The van der Waals surface area contributed by atoms with Gasteiger partial charge in [0.1, 0.15) is 4.92 Å². The predicted molar refractivity (Wildman–Crippen MR) is 75.9 cm³/mol. The van der Waals surface area contributed by atoms with E-state index >= 15 is 0 Å². The third-order valence-corrected chi connectivity index (χ3v) is 2.66. The third kappa shape index (κ3) is 4.57. The van der Waals surface area contributed by atoms with E-state index in [1.807, 2.05) is 30.3 Å². The highest BCUT2D eigenvalue weighted by Crippen LogP contribution is 2.13. The molecule has 108 valence electrons. The van der Waals surface area contributed by atoms with Crippen molar-refractivity contribution < 1.29 is 14.1 Å². The van der Waals surface area contributed by atoms with E-state index in [2.05, 4.69) is 10.5 Å². The Kier molecular flexibility index (Phi) is 4.81. The summed E-state index contributed by atoms with van der Waals surface area (Å²) < 4.78 is 4.86. The monoisotopic (exact) mass is 287 g/mol. The topological polar surface area (TPSA) is 97.7 Å². The molecule has 0 atom stereocenters. The molecule has 21 heavy (non-hydrogen) atoms. The van der Waals surface area contributed by atoms with Gasteiger partial charge in [0.15, 0.2) is 5.76 Å². The van der Waals surface area contributed by atoms with Crippen molar-refractivity contribution in [1.29, 1.82) is 0 Å². The molecule has 1 N–H and O–H groups in total. The SMILES string of the molecule is O=C(CCc1ccccc1)N/N=C/c1ccc([N+](=O)[O-])o1. The van der Waals surface area contributed by atoms with Crippen molar-refractivity contribution in [3.63, 3.8) is 0 Å². The number of hydrogen-bond donors (Lipinski definition) is 1. The summed E-state index contributed by atoms with van der Waals surface area (Å²) >= 11 is 0. The van der Waals surface area contributed by atoms with Gasteiger partial charge in [0.25, 0.3) is 0 Å². The number of furan rings is 1. The van der Waals surface area contributed by atoms with Crippen LogP contribution in [0.25, 0.3) is 0 Å². The Morgan fingerprint density at radius 1 is 1.29 bits per heavy atom. The number of nitrogens with one attached hydrogen (secondary N) is 1. The Morgan fingerprint density at radius 2 is 2.05 bits per heavy atom. The van der Waals surface area contributed by atoms with Crippen molar-refractivity contribution in [2.45, 2.75) is 12.8 Å². The van der Waals surface area contributed by atoms with Crippen LogP contribution in [-0.4, -0.2) is 17.0 Å². The van der Waals surface area contributed by atoms with E-state index in [0.717, 1.165) is 5.56 Å². The Hall–Kier alpha value is -2.96. The fourth-order valence-corrected chi connectivity index (χ4v) is 1.64. The largest absolute Gasteiger partial charge is 0.433 e. The van der Waals surface area contributed by atoms with Crippen LogP contribution < -0.4 is 5.43 Å². The zero-order valence-electron chi connectivity index (χ0n) is 11.1. The molecule has 2 rings (SSSR count). The summed E-state index contributed by atoms with van der Waals surface area (Å²) in [4.78, 5) is 21.3. The maximum atomic E-state index is 11.6. The number of aryl methyl sites for hydroxylation is 1. The van der Waals surface area contributed by atoms with E-state index in [1.54, 1.807) is 0 Å². The number of hydrazone groups is 1. The molecule has 0 radical (unpaired) electrons. The molecule has 0 saturated heterocycles. The van der Waals surface area contributed by atoms with Crippen LogP contribution in [0.4, 0.5) is 5.88 Å². The van der Waals surface area contributed by atoms with Gasteiger partial charge in [-0.2, -0.15) is 5.10 Å². The second kappa shape index (κ2) is 6.99. The van der Waals surface area contributed by atoms with Crippen molar-refractivity contribution in [3.05, 3.63) is 63.9 Å². The van der Waals surface area contributed by atoms with Crippen molar-refractivity contribution in [2.75, 3.05) is 0 Å². The van der Waals surface area contributed by atoms with Gasteiger partial charge in [-0.1, -0.05) is 30.3 Å². The van der Waals surface area contributed by atoms with Gasteiger partial charge in [0.05, 0.1) is 12.3 Å². The fraction of sp³-hybridized carbons (Fsp3) is 0.143. The first-order chi connectivity index (χ1) is 10.1. The molecular formula is C14H13N3O4. The minimum absolute atomic E-state index is 0.199. The Bertz CT molecular complexity index is 649. The van der Waals surface area contributed by atoms with Gasteiger partial charge in [-0.05, 0) is 18.1 Å². The maximum Gasteiger partial charge on any atom is 0.433 e. The average Bonchev–Trinajstić information content (AvgIpc) is 2.95. The number of nitro groups is 1. The lowest BCUT2D eigenvalue weighted by Crippen LogP contribution is -2.17. The molecule has 0 fully saturated rings. The van der Waals surface area contributed by atoms with Crippen LogP contribution in [0.1, 0.15) is 17.7 Å². The van der Waals surface area contributed by atoms with Crippen molar-refractivity contribution in [2.24, 2.45) is 5.10 Å². The summed E-state index contributed by atoms with van der Waals surface area (Å²) in [6, 6.07) is 12.2. The van der Waals surface area contributed by atoms with Gasteiger partial charge < -0.3 is 4.42 Å². The van der Waals surface area contributed by atoms with Crippen LogP contribution in [0.15, 0.2) is 52.0 Å². The van der Waals surface area contributed by atoms with Crippen LogP contribution in [0.5, 0.6) is 0 Å². The molecule has 0 aliphatic rings. The van der Waals surface area contributed by atoms with Gasteiger partial charge in [0, 0.05) is 6.42 Å². The third-order valence-electron chi connectivity index (χ3n) is 2.66. The molecule has 7 nitrogen and oxygen atoms in total. The zero-order chi connectivity index (χ0) is 15.1. The first-order valence-electron chi connectivity index (χ1n) is 6.25. The van der Waals surface area contributed by atoms with Gasteiger partial charge >= 0.3 is 5.88 Å². The Balaban J connectivity index is 1.77. The number of carbonyl (C=O) groups is 1. The molecule has 7 heteroatoms. The zero-order valence-corrected chi connectivity index (χ0v) is 11.1. The quantitative estimate of drug-likeness (QED) is 0.500. The average molecular weight is 287 g/mol. The van der Waals surface area contributed by atoms with Crippen LogP contribution in [0, 0.1) is 10.1 Å². The molecule has 0 aliphatic carbocycles. The highest BCUT2D eigenvalue weighted by atomic mass is 16.6. The number of amides is 1.